The first-order valence-corrected chi connectivity index (χ1v) is 13.5. The normalized spacial score (nSPS) is 38.9. The number of benzene rings is 1. The van der Waals surface area contributed by atoms with Gasteiger partial charge in [-0.15, -0.1) is 0 Å². The van der Waals surface area contributed by atoms with E-state index >= 15 is 0 Å². The first-order chi connectivity index (χ1) is 16.3. The van der Waals surface area contributed by atoms with E-state index in [1.807, 2.05) is 18.2 Å². The summed E-state index contributed by atoms with van der Waals surface area (Å²) < 4.78 is 0. The molecule has 0 radical (unpaired) electrons. The molecule has 1 aromatic rings. The standard InChI is InChI=1S/C28H42N4O2/c1-18-8-10-21-19(16-18)9-11-23-22(21)14-15-28(2)24(23)12-13-25(28)26(33)17-31(29)27(34)32(30)20-6-4-3-5-7-20/h3-7,18-19,21-25H,8-17,29-30H2,1-2H3. The highest BCUT2D eigenvalue weighted by molar-refractivity contribution is 5.94. The first kappa shape index (κ1) is 23.8. The van der Waals surface area contributed by atoms with Crippen LogP contribution in [0, 0.1) is 46.8 Å². The third-order valence-electron chi connectivity index (χ3n) is 10.4. The fourth-order valence-electron chi connectivity index (χ4n) is 8.80. The maximum atomic E-state index is 13.5. The lowest BCUT2D eigenvalue weighted by molar-refractivity contribution is -0.131. The number of amides is 2. The zero-order chi connectivity index (χ0) is 24.0. The summed E-state index contributed by atoms with van der Waals surface area (Å²) in [6.07, 6.45) is 11.5. The number of anilines is 1. The van der Waals surface area contributed by atoms with Gasteiger partial charge in [-0.3, -0.25) is 9.80 Å². The molecule has 0 saturated heterocycles. The molecular formula is C28H42N4O2. The van der Waals surface area contributed by atoms with Crippen LogP contribution in [-0.4, -0.2) is 23.4 Å². The Morgan fingerprint density at radius 1 is 0.941 bits per heavy atom. The molecule has 6 heteroatoms. The van der Waals surface area contributed by atoms with E-state index in [1.165, 1.54) is 38.5 Å². The summed E-state index contributed by atoms with van der Waals surface area (Å²) in [7, 11) is 0. The number of hydrogen-bond acceptors (Lipinski definition) is 4. The summed E-state index contributed by atoms with van der Waals surface area (Å²) in [6, 6.07) is 8.41. The zero-order valence-electron chi connectivity index (χ0n) is 20.9. The molecule has 4 N–H and O–H groups in total. The summed E-state index contributed by atoms with van der Waals surface area (Å²) in [6.45, 7) is 4.71. The Balaban J connectivity index is 1.24. The lowest BCUT2D eigenvalue weighted by atomic mass is 9.49. The number of nitrogens with zero attached hydrogens (tertiary/aromatic N) is 2. The van der Waals surface area contributed by atoms with E-state index in [0.717, 1.165) is 58.9 Å². The second-order valence-corrected chi connectivity index (χ2v) is 12.1. The van der Waals surface area contributed by atoms with E-state index in [-0.39, 0.29) is 23.7 Å². The summed E-state index contributed by atoms with van der Waals surface area (Å²) in [5.74, 6) is 17.2. The van der Waals surface area contributed by atoms with Gasteiger partial charge in [0.15, 0.2) is 5.78 Å². The average molecular weight is 467 g/mol. The van der Waals surface area contributed by atoms with Gasteiger partial charge in [-0.05, 0) is 104 Å². The van der Waals surface area contributed by atoms with E-state index in [9.17, 15) is 9.59 Å². The van der Waals surface area contributed by atoms with Gasteiger partial charge in [0, 0.05) is 5.92 Å². The molecule has 34 heavy (non-hydrogen) atoms. The largest absolute Gasteiger partial charge is 0.353 e. The third-order valence-corrected chi connectivity index (χ3v) is 10.4. The molecule has 5 rings (SSSR count). The SMILES string of the molecule is CC1CCC2C(CCC3C2CCC2(C)C(C(=O)CN(N)C(=O)N(N)c4ccccc4)CCC32)C1. The second-order valence-electron chi connectivity index (χ2n) is 12.1. The minimum absolute atomic E-state index is 0.00986. The van der Waals surface area contributed by atoms with Crippen molar-refractivity contribution in [3.63, 3.8) is 0 Å². The van der Waals surface area contributed by atoms with Crippen LogP contribution in [0.4, 0.5) is 10.5 Å². The number of nitrogens with two attached hydrogens (primary N) is 2. The number of hydrogen-bond donors (Lipinski definition) is 2. The Kier molecular flexibility index (Phi) is 6.49. The number of urea groups is 1. The van der Waals surface area contributed by atoms with Crippen LogP contribution >= 0.6 is 0 Å². The third kappa shape index (κ3) is 4.07. The molecule has 4 fully saturated rings. The van der Waals surface area contributed by atoms with Crippen LogP contribution in [0.5, 0.6) is 0 Å². The lowest BCUT2D eigenvalue weighted by Gasteiger charge is -2.56. The van der Waals surface area contributed by atoms with Gasteiger partial charge in [0.05, 0.1) is 12.2 Å². The van der Waals surface area contributed by atoms with Crippen LogP contribution in [0.2, 0.25) is 0 Å². The van der Waals surface area contributed by atoms with Gasteiger partial charge < -0.3 is 0 Å². The number of carbonyl (C=O) groups is 2. The molecule has 2 amide bonds. The number of hydrazine groups is 2. The van der Waals surface area contributed by atoms with Crippen LogP contribution in [0.25, 0.3) is 0 Å². The molecule has 0 heterocycles. The molecule has 0 bridgehead atoms. The van der Waals surface area contributed by atoms with Crippen molar-refractivity contribution in [2.75, 3.05) is 11.6 Å². The van der Waals surface area contributed by atoms with Crippen LogP contribution in [0.1, 0.15) is 71.6 Å². The summed E-state index contributed by atoms with van der Waals surface area (Å²) >= 11 is 0. The highest BCUT2D eigenvalue weighted by atomic mass is 16.2. The highest BCUT2D eigenvalue weighted by Gasteiger charge is 2.58. The molecule has 4 aliphatic rings. The van der Waals surface area contributed by atoms with E-state index in [0.29, 0.717) is 11.6 Å². The number of Topliss-reactive ketones (excluding diaryl/α,β-unsaturated/α-hetero) is 1. The second kappa shape index (κ2) is 9.27. The van der Waals surface area contributed by atoms with Crippen molar-refractivity contribution < 1.29 is 9.59 Å². The van der Waals surface area contributed by atoms with Gasteiger partial charge in [-0.2, -0.15) is 0 Å². The van der Waals surface area contributed by atoms with E-state index in [4.69, 9.17) is 11.7 Å². The van der Waals surface area contributed by atoms with Gasteiger partial charge in [0.2, 0.25) is 0 Å². The van der Waals surface area contributed by atoms with Crippen LogP contribution in [0.3, 0.4) is 0 Å². The van der Waals surface area contributed by atoms with Crippen LogP contribution in [-0.2, 0) is 4.79 Å². The van der Waals surface area contributed by atoms with Crippen molar-refractivity contribution in [2.24, 2.45) is 58.5 Å². The number of para-hydroxylation sites is 1. The fraction of sp³-hybridized carbons (Fsp3) is 0.714. The minimum Gasteiger partial charge on any atom is -0.297 e. The summed E-state index contributed by atoms with van der Waals surface area (Å²) in [5, 5.41) is 2.01. The number of ketones is 1. The maximum Gasteiger partial charge on any atom is 0.353 e. The molecule has 0 aromatic heterocycles. The summed E-state index contributed by atoms with van der Waals surface area (Å²) in [4.78, 5) is 26.2. The van der Waals surface area contributed by atoms with E-state index in [2.05, 4.69) is 13.8 Å². The van der Waals surface area contributed by atoms with Crippen molar-refractivity contribution in [3.8, 4) is 0 Å². The predicted octanol–water partition coefficient (Wildman–Crippen LogP) is 5.14. The first-order valence-electron chi connectivity index (χ1n) is 13.5. The van der Waals surface area contributed by atoms with Gasteiger partial charge >= 0.3 is 6.03 Å². The molecule has 6 nitrogen and oxygen atoms in total. The Labute approximate surface area is 204 Å². The molecule has 1 aromatic carbocycles. The van der Waals surface area contributed by atoms with Crippen molar-refractivity contribution in [3.05, 3.63) is 30.3 Å². The molecule has 186 valence electrons. The highest BCUT2D eigenvalue weighted by Crippen LogP contribution is 2.64. The van der Waals surface area contributed by atoms with Gasteiger partial charge in [-0.25, -0.2) is 21.5 Å². The minimum atomic E-state index is -0.562. The van der Waals surface area contributed by atoms with Crippen molar-refractivity contribution in [1.82, 2.24) is 5.01 Å². The topological polar surface area (TPSA) is 92.7 Å². The van der Waals surface area contributed by atoms with Gasteiger partial charge in [0.25, 0.3) is 0 Å². The number of fused-ring (bicyclic) bond motifs is 5. The van der Waals surface area contributed by atoms with Crippen molar-refractivity contribution in [1.29, 1.82) is 0 Å². The molecule has 4 aliphatic carbocycles. The van der Waals surface area contributed by atoms with Crippen LogP contribution in [0.15, 0.2) is 30.3 Å². The molecule has 4 saturated carbocycles. The van der Waals surface area contributed by atoms with Gasteiger partial charge in [0.1, 0.15) is 0 Å². The Morgan fingerprint density at radius 2 is 1.68 bits per heavy atom. The molecule has 0 spiro atoms. The maximum absolute atomic E-state index is 13.5. The van der Waals surface area contributed by atoms with Crippen LogP contribution < -0.4 is 16.7 Å². The zero-order valence-corrected chi connectivity index (χ0v) is 20.9. The Hall–Kier alpha value is -1.92. The average Bonchev–Trinajstić information content (AvgIpc) is 3.20. The monoisotopic (exact) mass is 466 g/mol. The Morgan fingerprint density at radius 3 is 2.44 bits per heavy atom. The molecule has 8 unspecified atom stereocenters. The molecule has 8 atom stereocenters. The summed E-state index contributed by atoms with van der Waals surface area (Å²) in [5.41, 5.74) is 0.591. The van der Waals surface area contributed by atoms with Crippen molar-refractivity contribution >= 4 is 17.5 Å². The Bertz CT molecular complexity index is 907. The quantitative estimate of drug-likeness (QED) is 0.365. The molecular weight excluding hydrogens is 424 g/mol. The van der Waals surface area contributed by atoms with E-state index < -0.39 is 6.03 Å². The molecule has 0 aliphatic heterocycles. The smallest absolute Gasteiger partial charge is 0.297 e. The number of carbonyl (C=O) groups excluding carboxylic acids is 2. The predicted molar refractivity (Wildman–Crippen MR) is 134 cm³/mol. The fourth-order valence-corrected chi connectivity index (χ4v) is 8.80. The van der Waals surface area contributed by atoms with E-state index in [1.54, 1.807) is 12.1 Å². The number of rotatable bonds is 4. The van der Waals surface area contributed by atoms with Gasteiger partial charge in [-0.1, -0.05) is 38.5 Å². The van der Waals surface area contributed by atoms with Crippen molar-refractivity contribution in [2.45, 2.75) is 71.6 Å². The lowest BCUT2D eigenvalue weighted by Crippen LogP contribution is -2.54.